The molecule has 0 aliphatic heterocycles. The lowest BCUT2D eigenvalue weighted by molar-refractivity contribution is 0.103. The largest absolute Gasteiger partial charge is 0.497 e. The van der Waals surface area contributed by atoms with Crippen molar-refractivity contribution < 1.29 is 9.53 Å². The number of thiophene rings is 1. The van der Waals surface area contributed by atoms with Crippen molar-refractivity contribution in [3.05, 3.63) is 69.4 Å². The highest BCUT2D eigenvalue weighted by Crippen LogP contribution is 2.32. The number of nitrogens with one attached hydrogen (secondary N) is 1. The van der Waals surface area contributed by atoms with Gasteiger partial charge in [0.05, 0.1) is 12.0 Å². The van der Waals surface area contributed by atoms with Gasteiger partial charge in [-0.15, -0.1) is 11.3 Å². The number of rotatable bonds is 4. The molecule has 3 aromatic rings. The fraction of sp³-hybridized carbons (Fsp3) is 0.190. The molecule has 0 aliphatic carbocycles. The zero-order valence-electron chi connectivity index (χ0n) is 14.8. The van der Waals surface area contributed by atoms with Gasteiger partial charge in [-0.2, -0.15) is 0 Å². The second-order valence-electron chi connectivity index (χ2n) is 6.08. The van der Waals surface area contributed by atoms with Crippen molar-refractivity contribution in [2.75, 3.05) is 12.4 Å². The van der Waals surface area contributed by atoms with Crippen LogP contribution in [0.2, 0.25) is 0 Å². The summed E-state index contributed by atoms with van der Waals surface area (Å²) in [5, 5.41) is 3.02. The predicted molar refractivity (Wildman–Crippen MR) is 105 cm³/mol. The highest BCUT2D eigenvalue weighted by atomic mass is 32.1. The average Bonchev–Trinajstić information content (AvgIpc) is 2.99. The number of anilines is 1. The van der Waals surface area contributed by atoms with Crippen LogP contribution in [0.4, 0.5) is 5.69 Å². The molecule has 2 aromatic carbocycles. The first-order valence-electron chi connectivity index (χ1n) is 8.11. The molecule has 25 heavy (non-hydrogen) atoms. The summed E-state index contributed by atoms with van der Waals surface area (Å²) in [5.41, 5.74) is 5.27. The van der Waals surface area contributed by atoms with Crippen LogP contribution in [-0.2, 0) is 0 Å². The Labute approximate surface area is 152 Å². The van der Waals surface area contributed by atoms with E-state index in [1.165, 1.54) is 16.9 Å². The van der Waals surface area contributed by atoms with Crippen LogP contribution in [0, 0.1) is 20.8 Å². The van der Waals surface area contributed by atoms with Gasteiger partial charge in [0.2, 0.25) is 0 Å². The van der Waals surface area contributed by atoms with E-state index in [0.717, 1.165) is 33.0 Å². The molecule has 0 bridgehead atoms. The average molecular weight is 351 g/mol. The van der Waals surface area contributed by atoms with E-state index in [0.29, 0.717) is 4.88 Å². The molecule has 3 rings (SSSR count). The molecule has 0 atom stereocenters. The van der Waals surface area contributed by atoms with Crippen LogP contribution in [0.5, 0.6) is 5.75 Å². The minimum atomic E-state index is -0.0696. The lowest BCUT2D eigenvalue weighted by Gasteiger charge is -2.08. The molecule has 0 unspecified atom stereocenters. The highest BCUT2D eigenvalue weighted by Gasteiger charge is 2.14. The first-order chi connectivity index (χ1) is 12.0. The van der Waals surface area contributed by atoms with Crippen molar-refractivity contribution in [1.82, 2.24) is 0 Å². The molecular weight excluding hydrogens is 330 g/mol. The normalized spacial score (nSPS) is 10.6. The summed E-state index contributed by atoms with van der Waals surface area (Å²) in [6, 6.07) is 15.9. The van der Waals surface area contributed by atoms with E-state index in [-0.39, 0.29) is 5.91 Å². The number of amides is 1. The predicted octanol–water partition coefficient (Wildman–Crippen LogP) is 5.60. The maximum absolute atomic E-state index is 12.6. The van der Waals surface area contributed by atoms with Crippen LogP contribution in [0.15, 0.2) is 48.5 Å². The lowest BCUT2D eigenvalue weighted by Crippen LogP contribution is -2.11. The standard InChI is InChI=1S/C21H21NO2S/c1-13-5-10-19(14(2)11-13)22-21(23)20-12-18(15(3)25-20)16-6-8-17(24-4)9-7-16/h5-12H,1-4H3,(H,22,23). The number of aryl methyl sites for hydroxylation is 3. The van der Waals surface area contributed by atoms with Gasteiger partial charge < -0.3 is 10.1 Å². The number of methoxy groups -OCH3 is 1. The van der Waals surface area contributed by atoms with Crippen LogP contribution in [0.25, 0.3) is 11.1 Å². The Morgan fingerprint density at radius 3 is 2.36 bits per heavy atom. The Morgan fingerprint density at radius 1 is 1.00 bits per heavy atom. The van der Waals surface area contributed by atoms with Crippen molar-refractivity contribution in [2.45, 2.75) is 20.8 Å². The topological polar surface area (TPSA) is 38.3 Å². The van der Waals surface area contributed by atoms with Crippen molar-refractivity contribution in [3.8, 4) is 16.9 Å². The van der Waals surface area contributed by atoms with Gasteiger partial charge in [-0.1, -0.05) is 29.8 Å². The second-order valence-corrected chi connectivity index (χ2v) is 7.34. The summed E-state index contributed by atoms with van der Waals surface area (Å²) in [7, 11) is 1.65. The van der Waals surface area contributed by atoms with Crippen LogP contribution in [0.1, 0.15) is 25.7 Å². The molecule has 1 amide bonds. The fourth-order valence-electron chi connectivity index (χ4n) is 2.79. The number of carbonyl (C=O) groups excluding carboxylic acids is 1. The SMILES string of the molecule is COc1ccc(-c2cc(C(=O)Nc3ccc(C)cc3C)sc2C)cc1. The molecule has 0 spiro atoms. The van der Waals surface area contributed by atoms with Crippen LogP contribution < -0.4 is 10.1 Å². The zero-order chi connectivity index (χ0) is 18.0. The highest BCUT2D eigenvalue weighted by molar-refractivity contribution is 7.14. The molecule has 1 N–H and O–H groups in total. The van der Waals surface area contributed by atoms with E-state index in [1.54, 1.807) is 7.11 Å². The van der Waals surface area contributed by atoms with Gasteiger partial charge in [-0.05, 0) is 61.7 Å². The molecule has 4 heteroatoms. The van der Waals surface area contributed by atoms with E-state index in [9.17, 15) is 4.79 Å². The summed E-state index contributed by atoms with van der Waals surface area (Å²) in [6.07, 6.45) is 0. The van der Waals surface area contributed by atoms with E-state index in [4.69, 9.17) is 4.74 Å². The maximum Gasteiger partial charge on any atom is 0.265 e. The summed E-state index contributed by atoms with van der Waals surface area (Å²) in [4.78, 5) is 14.5. The Kier molecular flexibility index (Phi) is 4.91. The number of hydrogen-bond donors (Lipinski definition) is 1. The Balaban J connectivity index is 1.84. The van der Waals surface area contributed by atoms with Crippen LogP contribution in [-0.4, -0.2) is 13.0 Å². The lowest BCUT2D eigenvalue weighted by atomic mass is 10.1. The molecule has 0 aliphatic rings. The Morgan fingerprint density at radius 2 is 1.72 bits per heavy atom. The zero-order valence-corrected chi connectivity index (χ0v) is 15.7. The van der Waals surface area contributed by atoms with E-state index < -0.39 is 0 Å². The quantitative estimate of drug-likeness (QED) is 0.664. The first-order valence-corrected chi connectivity index (χ1v) is 8.93. The van der Waals surface area contributed by atoms with Gasteiger partial charge >= 0.3 is 0 Å². The van der Waals surface area contributed by atoms with Crippen molar-refractivity contribution in [3.63, 3.8) is 0 Å². The van der Waals surface area contributed by atoms with E-state index >= 15 is 0 Å². The first kappa shape index (κ1) is 17.2. The van der Waals surface area contributed by atoms with Gasteiger partial charge in [0.25, 0.3) is 5.91 Å². The van der Waals surface area contributed by atoms with Crippen LogP contribution in [0.3, 0.4) is 0 Å². The second kappa shape index (κ2) is 7.11. The maximum atomic E-state index is 12.6. The molecule has 0 saturated carbocycles. The van der Waals surface area contributed by atoms with Crippen molar-refractivity contribution in [1.29, 1.82) is 0 Å². The van der Waals surface area contributed by atoms with Crippen LogP contribution >= 0.6 is 11.3 Å². The monoisotopic (exact) mass is 351 g/mol. The molecule has 3 nitrogen and oxygen atoms in total. The summed E-state index contributed by atoms with van der Waals surface area (Å²) in [5.74, 6) is 0.754. The van der Waals surface area contributed by atoms with Gasteiger partial charge in [0.1, 0.15) is 5.75 Å². The molecule has 0 radical (unpaired) electrons. The minimum absolute atomic E-state index is 0.0696. The smallest absolute Gasteiger partial charge is 0.265 e. The third kappa shape index (κ3) is 3.74. The summed E-state index contributed by atoms with van der Waals surface area (Å²) < 4.78 is 5.20. The van der Waals surface area contributed by atoms with Crippen molar-refractivity contribution >= 4 is 22.9 Å². The molecule has 1 heterocycles. The minimum Gasteiger partial charge on any atom is -0.497 e. The van der Waals surface area contributed by atoms with E-state index in [1.807, 2.05) is 63.2 Å². The number of benzene rings is 2. The fourth-order valence-corrected chi connectivity index (χ4v) is 3.73. The van der Waals surface area contributed by atoms with Gasteiger partial charge in [0, 0.05) is 10.6 Å². The molecule has 0 fully saturated rings. The molecule has 128 valence electrons. The number of ether oxygens (including phenoxy) is 1. The Bertz CT molecular complexity index is 910. The Hall–Kier alpha value is -2.59. The molecular formula is C21H21NO2S. The van der Waals surface area contributed by atoms with E-state index in [2.05, 4.69) is 11.4 Å². The summed E-state index contributed by atoms with van der Waals surface area (Å²) >= 11 is 1.51. The number of carbonyl (C=O) groups is 1. The van der Waals surface area contributed by atoms with Gasteiger partial charge in [-0.25, -0.2) is 0 Å². The van der Waals surface area contributed by atoms with Gasteiger partial charge in [0.15, 0.2) is 0 Å². The molecule has 1 aromatic heterocycles. The molecule has 0 saturated heterocycles. The summed E-state index contributed by atoms with van der Waals surface area (Å²) in [6.45, 7) is 6.09. The third-order valence-electron chi connectivity index (χ3n) is 4.17. The van der Waals surface area contributed by atoms with Crippen molar-refractivity contribution in [2.24, 2.45) is 0 Å². The number of hydrogen-bond acceptors (Lipinski definition) is 3. The van der Waals surface area contributed by atoms with Gasteiger partial charge in [-0.3, -0.25) is 4.79 Å². The third-order valence-corrected chi connectivity index (χ3v) is 5.22.